The van der Waals surface area contributed by atoms with Crippen LogP contribution < -0.4 is 14.8 Å². The van der Waals surface area contributed by atoms with E-state index in [0.29, 0.717) is 23.7 Å². The summed E-state index contributed by atoms with van der Waals surface area (Å²) in [5.41, 5.74) is 4.89. The van der Waals surface area contributed by atoms with E-state index in [9.17, 15) is 13.2 Å². The Kier molecular flexibility index (Phi) is 8.94. The van der Waals surface area contributed by atoms with Crippen LogP contribution in [0.25, 0.3) is 11.1 Å². The molecule has 1 unspecified atom stereocenters. The molecule has 208 valence electrons. The Morgan fingerprint density at radius 1 is 1.08 bits per heavy atom. The molecule has 3 aromatic rings. The molecule has 39 heavy (non-hydrogen) atoms. The minimum atomic E-state index is -3.78. The molecule has 8 nitrogen and oxygen atoms in total. The molecule has 4 rings (SSSR count). The molecule has 3 aromatic carbocycles. The number of carbonyl (C=O) groups is 1. The Hall–Kier alpha value is -3.40. The highest BCUT2D eigenvalue weighted by Crippen LogP contribution is 2.35. The number of methoxy groups -OCH3 is 1. The Balaban J connectivity index is 1.48. The Morgan fingerprint density at radius 2 is 1.82 bits per heavy atom. The quantitative estimate of drug-likeness (QED) is 0.394. The van der Waals surface area contributed by atoms with E-state index in [-0.39, 0.29) is 10.8 Å². The van der Waals surface area contributed by atoms with Crippen molar-refractivity contribution in [2.75, 3.05) is 59.2 Å². The van der Waals surface area contributed by atoms with Crippen LogP contribution in [0.1, 0.15) is 33.8 Å². The van der Waals surface area contributed by atoms with Crippen molar-refractivity contribution in [3.05, 3.63) is 77.4 Å². The fourth-order valence-electron chi connectivity index (χ4n) is 4.96. The van der Waals surface area contributed by atoms with Gasteiger partial charge in [-0.3, -0.25) is 9.52 Å². The summed E-state index contributed by atoms with van der Waals surface area (Å²) in [6.07, 6.45) is 1.01. The molecule has 1 heterocycles. The zero-order chi connectivity index (χ0) is 28.2. The number of benzene rings is 3. The first kappa shape index (κ1) is 28.6. The first-order valence-corrected chi connectivity index (χ1v) is 14.6. The molecular formula is C30H38N4O4S. The maximum absolute atomic E-state index is 13.2. The molecule has 1 aliphatic heterocycles. The van der Waals surface area contributed by atoms with E-state index in [0.717, 1.165) is 54.1 Å². The standard InChI is InChI=1S/C30H38N4O4S/c1-21-18-23(30(35)31-15-17-33(2)3)8-12-27(21)22-6-10-26(11-7-22)39(36,37)32-25-9-13-29(38-5)28(19-25)24-14-16-34(4)20-24/h6-13,18-19,24,32H,14-17,20H2,1-5H3,(H,31,35). The summed E-state index contributed by atoms with van der Waals surface area (Å²) in [6, 6.07) is 17.8. The van der Waals surface area contributed by atoms with Crippen LogP contribution in [-0.4, -0.2) is 78.6 Å². The smallest absolute Gasteiger partial charge is 0.261 e. The van der Waals surface area contributed by atoms with Crippen LogP contribution in [0, 0.1) is 6.92 Å². The van der Waals surface area contributed by atoms with Crippen LogP contribution in [0.3, 0.4) is 0 Å². The van der Waals surface area contributed by atoms with Crippen molar-refractivity contribution >= 4 is 21.6 Å². The fraction of sp³-hybridized carbons (Fsp3) is 0.367. The van der Waals surface area contributed by atoms with Gasteiger partial charge in [0.25, 0.3) is 15.9 Å². The normalized spacial score (nSPS) is 15.9. The number of hydrogen-bond donors (Lipinski definition) is 2. The van der Waals surface area contributed by atoms with Crippen LogP contribution in [-0.2, 0) is 10.0 Å². The number of nitrogens with one attached hydrogen (secondary N) is 2. The Bertz CT molecular complexity index is 1420. The molecule has 1 saturated heterocycles. The molecule has 1 fully saturated rings. The van der Waals surface area contributed by atoms with Crippen molar-refractivity contribution in [3.63, 3.8) is 0 Å². The van der Waals surface area contributed by atoms with Gasteiger partial charge in [0.05, 0.1) is 12.0 Å². The van der Waals surface area contributed by atoms with Gasteiger partial charge in [-0.1, -0.05) is 18.2 Å². The van der Waals surface area contributed by atoms with E-state index in [1.807, 2.05) is 50.2 Å². The third-order valence-electron chi connectivity index (χ3n) is 7.12. The van der Waals surface area contributed by atoms with Gasteiger partial charge in [-0.25, -0.2) is 8.42 Å². The summed E-state index contributed by atoms with van der Waals surface area (Å²) in [4.78, 5) is 16.9. The highest BCUT2D eigenvalue weighted by molar-refractivity contribution is 7.92. The van der Waals surface area contributed by atoms with Gasteiger partial charge >= 0.3 is 0 Å². The van der Waals surface area contributed by atoms with Crippen molar-refractivity contribution in [3.8, 4) is 16.9 Å². The summed E-state index contributed by atoms with van der Waals surface area (Å²) in [7, 11) is 3.86. The van der Waals surface area contributed by atoms with E-state index in [1.165, 1.54) is 0 Å². The maximum Gasteiger partial charge on any atom is 0.261 e. The average molecular weight is 551 g/mol. The summed E-state index contributed by atoms with van der Waals surface area (Å²) in [6.45, 7) is 5.20. The lowest BCUT2D eigenvalue weighted by Crippen LogP contribution is -2.31. The van der Waals surface area contributed by atoms with Gasteiger partial charge in [0.2, 0.25) is 0 Å². The molecule has 2 N–H and O–H groups in total. The second-order valence-electron chi connectivity index (χ2n) is 10.4. The molecule has 0 saturated carbocycles. The van der Waals surface area contributed by atoms with Crippen LogP contribution in [0.15, 0.2) is 65.6 Å². The van der Waals surface area contributed by atoms with Crippen molar-refractivity contribution < 1.29 is 17.9 Å². The van der Waals surface area contributed by atoms with E-state index < -0.39 is 10.0 Å². The predicted molar refractivity (Wildman–Crippen MR) is 156 cm³/mol. The zero-order valence-electron chi connectivity index (χ0n) is 23.3. The Morgan fingerprint density at radius 3 is 2.44 bits per heavy atom. The number of carbonyl (C=O) groups excluding carboxylic acids is 1. The van der Waals surface area contributed by atoms with Crippen molar-refractivity contribution in [1.29, 1.82) is 0 Å². The molecule has 0 aromatic heterocycles. The highest BCUT2D eigenvalue weighted by atomic mass is 32.2. The lowest BCUT2D eigenvalue weighted by molar-refractivity contribution is 0.0951. The zero-order valence-corrected chi connectivity index (χ0v) is 24.1. The highest BCUT2D eigenvalue weighted by Gasteiger charge is 2.25. The average Bonchev–Trinajstić information content (AvgIpc) is 3.34. The minimum Gasteiger partial charge on any atom is -0.496 e. The van der Waals surface area contributed by atoms with Crippen molar-refractivity contribution in [1.82, 2.24) is 15.1 Å². The lowest BCUT2D eigenvalue weighted by Gasteiger charge is -2.17. The number of anilines is 1. The molecule has 1 atom stereocenters. The SMILES string of the molecule is COc1ccc(NS(=O)(=O)c2ccc(-c3ccc(C(=O)NCCN(C)C)cc3C)cc2)cc1C1CCN(C)C1. The first-order chi connectivity index (χ1) is 18.6. The van der Waals surface area contributed by atoms with Gasteiger partial charge in [-0.05, 0) is 100 Å². The van der Waals surface area contributed by atoms with Crippen LogP contribution in [0.5, 0.6) is 5.75 Å². The molecular weight excluding hydrogens is 512 g/mol. The molecule has 0 spiro atoms. The number of aryl methyl sites for hydroxylation is 1. The number of nitrogens with zero attached hydrogens (tertiary/aromatic N) is 2. The van der Waals surface area contributed by atoms with Gasteiger partial charge < -0.3 is 19.9 Å². The lowest BCUT2D eigenvalue weighted by atomic mass is 9.97. The maximum atomic E-state index is 13.2. The summed E-state index contributed by atoms with van der Waals surface area (Å²) >= 11 is 0. The molecule has 1 aliphatic rings. The summed E-state index contributed by atoms with van der Waals surface area (Å²) in [5.74, 6) is 0.961. The molecule has 0 bridgehead atoms. The molecule has 1 amide bonds. The van der Waals surface area contributed by atoms with Gasteiger partial charge in [0, 0.05) is 42.4 Å². The number of sulfonamides is 1. The van der Waals surface area contributed by atoms with Crippen molar-refractivity contribution in [2.24, 2.45) is 0 Å². The monoisotopic (exact) mass is 550 g/mol. The molecule has 0 radical (unpaired) electrons. The largest absolute Gasteiger partial charge is 0.496 e. The number of likely N-dealkylation sites (N-methyl/N-ethyl adjacent to an activating group) is 2. The topological polar surface area (TPSA) is 91.0 Å². The summed E-state index contributed by atoms with van der Waals surface area (Å²) in [5, 5.41) is 2.92. The minimum absolute atomic E-state index is 0.111. The van der Waals surface area contributed by atoms with Crippen LogP contribution in [0.2, 0.25) is 0 Å². The van der Waals surface area contributed by atoms with Gasteiger partial charge in [-0.15, -0.1) is 0 Å². The first-order valence-electron chi connectivity index (χ1n) is 13.1. The number of likely N-dealkylation sites (tertiary alicyclic amines) is 1. The van der Waals surface area contributed by atoms with E-state index in [1.54, 1.807) is 43.5 Å². The number of rotatable bonds is 10. The molecule has 0 aliphatic carbocycles. The van der Waals surface area contributed by atoms with Gasteiger partial charge in [-0.2, -0.15) is 0 Å². The van der Waals surface area contributed by atoms with Crippen LogP contribution in [0.4, 0.5) is 5.69 Å². The molecule has 9 heteroatoms. The second kappa shape index (κ2) is 12.2. The second-order valence-corrected chi connectivity index (χ2v) is 12.1. The summed E-state index contributed by atoms with van der Waals surface area (Å²) < 4.78 is 34.7. The van der Waals surface area contributed by atoms with Crippen LogP contribution >= 0.6 is 0 Å². The fourth-order valence-corrected chi connectivity index (χ4v) is 6.01. The third-order valence-corrected chi connectivity index (χ3v) is 8.52. The number of ether oxygens (including phenoxy) is 1. The van der Waals surface area contributed by atoms with E-state index in [2.05, 4.69) is 22.0 Å². The van der Waals surface area contributed by atoms with Gasteiger partial charge in [0.1, 0.15) is 5.75 Å². The third kappa shape index (κ3) is 6.98. The van der Waals surface area contributed by atoms with E-state index >= 15 is 0 Å². The predicted octanol–water partition coefficient (Wildman–Crippen LogP) is 4.18. The van der Waals surface area contributed by atoms with Gasteiger partial charge in [0.15, 0.2) is 0 Å². The van der Waals surface area contributed by atoms with E-state index in [4.69, 9.17) is 4.74 Å². The number of hydrogen-bond acceptors (Lipinski definition) is 6. The van der Waals surface area contributed by atoms with Crippen molar-refractivity contribution in [2.45, 2.75) is 24.2 Å². The Labute approximate surface area is 232 Å². The number of amides is 1.